The van der Waals surface area contributed by atoms with E-state index in [9.17, 15) is 9.59 Å². The number of carbonyl (C=O) groups is 2. The van der Waals surface area contributed by atoms with Crippen LogP contribution in [0.1, 0.15) is 32.6 Å². The summed E-state index contributed by atoms with van der Waals surface area (Å²) in [5, 5.41) is 5.77. The van der Waals surface area contributed by atoms with Gasteiger partial charge in [-0.05, 0) is 39.7 Å². The zero-order valence-electron chi connectivity index (χ0n) is 10.6. The summed E-state index contributed by atoms with van der Waals surface area (Å²) in [4.78, 5) is 22.9. The van der Waals surface area contributed by atoms with Gasteiger partial charge in [-0.3, -0.25) is 9.59 Å². The minimum atomic E-state index is -0.0903. The van der Waals surface area contributed by atoms with Gasteiger partial charge in [0.1, 0.15) is 0 Å². The number of hydrogen-bond acceptors (Lipinski definition) is 4. The predicted molar refractivity (Wildman–Crippen MR) is 64.4 cm³/mol. The first-order valence-corrected chi connectivity index (χ1v) is 6.28. The minimum Gasteiger partial charge on any atom is -0.466 e. The van der Waals surface area contributed by atoms with Crippen LogP contribution in [0.4, 0.5) is 0 Å². The quantitative estimate of drug-likeness (QED) is 0.687. The van der Waals surface area contributed by atoms with Crippen LogP contribution in [0, 0.1) is 5.92 Å². The fourth-order valence-electron chi connectivity index (χ4n) is 2.17. The Morgan fingerprint density at radius 1 is 1.24 bits per heavy atom. The molecule has 0 bridgehead atoms. The van der Waals surface area contributed by atoms with Crippen molar-refractivity contribution in [1.82, 2.24) is 10.6 Å². The van der Waals surface area contributed by atoms with Crippen molar-refractivity contribution in [1.29, 1.82) is 0 Å². The molecule has 0 radical (unpaired) electrons. The molecule has 5 heteroatoms. The fraction of sp³-hybridized carbons (Fsp3) is 0.833. The lowest BCUT2D eigenvalue weighted by Crippen LogP contribution is -2.42. The summed E-state index contributed by atoms with van der Waals surface area (Å²) in [6.07, 6.45) is 3.34. The summed E-state index contributed by atoms with van der Waals surface area (Å²) in [5.41, 5.74) is 0. The first-order valence-electron chi connectivity index (χ1n) is 6.28. The maximum Gasteiger partial charge on any atom is 0.308 e. The van der Waals surface area contributed by atoms with E-state index in [-0.39, 0.29) is 23.8 Å². The monoisotopic (exact) mass is 242 g/mol. The van der Waals surface area contributed by atoms with Crippen molar-refractivity contribution >= 4 is 11.9 Å². The highest BCUT2D eigenvalue weighted by molar-refractivity contribution is 5.78. The maximum atomic E-state index is 11.5. The molecule has 2 N–H and O–H groups in total. The standard InChI is InChI=1S/C12H22N2O3/c1-3-17-12(16)9-4-6-10(7-5-9)14-11(15)8-13-2/h9-10,13H,3-8H2,1-2H3,(H,14,15). The maximum absolute atomic E-state index is 11.5. The van der Waals surface area contributed by atoms with Gasteiger partial charge in [-0.15, -0.1) is 0 Å². The van der Waals surface area contributed by atoms with Gasteiger partial charge in [0.2, 0.25) is 5.91 Å². The average molecular weight is 242 g/mol. The molecule has 0 heterocycles. The van der Waals surface area contributed by atoms with Gasteiger partial charge in [0.25, 0.3) is 0 Å². The van der Waals surface area contributed by atoms with E-state index in [0.29, 0.717) is 13.2 Å². The highest BCUT2D eigenvalue weighted by atomic mass is 16.5. The molecule has 17 heavy (non-hydrogen) atoms. The first-order chi connectivity index (χ1) is 8.17. The van der Waals surface area contributed by atoms with Crippen molar-refractivity contribution in [2.24, 2.45) is 5.92 Å². The van der Waals surface area contributed by atoms with Crippen LogP contribution in [-0.4, -0.2) is 38.1 Å². The van der Waals surface area contributed by atoms with E-state index in [0.717, 1.165) is 25.7 Å². The Labute approximate surface area is 102 Å². The summed E-state index contributed by atoms with van der Waals surface area (Å²) in [7, 11) is 1.75. The predicted octanol–water partition coefficient (Wildman–Crippen LogP) is 0.444. The molecular weight excluding hydrogens is 220 g/mol. The molecule has 0 atom stereocenters. The van der Waals surface area contributed by atoms with Crippen LogP contribution in [0.2, 0.25) is 0 Å². The smallest absolute Gasteiger partial charge is 0.308 e. The summed E-state index contributed by atoms with van der Waals surface area (Å²) in [5.74, 6) is -0.0491. The molecule has 0 aromatic carbocycles. The van der Waals surface area contributed by atoms with E-state index in [4.69, 9.17) is 4.74 Å². The van der Waals surface area contributed by atoms with Gasteiger partial charge in [-0.1, -0.05) is 0 Å². The molecule has 5 nitrogen and oxygen atoms in total. The van der Waals surface area contributed by atoms with Gasteiger partial charge in [0.05, 0.1) is 19.1 Å². The number of esters is 1. The molecule has 1 rings (SSSR count). The molecule has 1 fully saturated rings. The molecule has 1 aliphatic carbocycles. The van der Waals surface area contributed by atoms with E-state index >= 15 is 0 Å². The van der Waals surface area contributed by atoms with Gasteiger partial charge in [-0.2, -0.15) is 0 Å². The van der Waals surface area contributed by atoms with Crippen LogP contribution in [-0.2, 0) is 14.3 Å². The van der Waals surface area contributed by atoms with Crippen molar-refractivity contribution in [2.75, 3.05) is 20.2 Å². The lowest BCUT2D eigenvalue weighted by atomic mass is 9.86. The summed E-state index contributed by atoms with van der Waals surface area (Å²) in [6, 6.07) is 0.210. The van der Waals surface area contributed by atoms with Crippen LogP contribution in [0.15, 0.2) is 0 Å². The summed E-state index contributed by atoms with van der Waals surface area (Å²) < 4.78 is 5.00. The van der Waals surface area contributed by atoms with E-state index in [2.05, 4.69) is 10.6 Å². The Hall–Kier alpha value is -1.10. The second-order valence-electron chi connectivity index (χ2n) is 4.40. The van der Waals surface area contributed by atoms with Gasteiger partial charge in [-0.25, -0.2) is 0 Å². The second-order valence-corrected chi connectivity index (χ2v) is 4.40. The van der Waals surface area contributed by atoms with Crippen LogP contribution >= 0.6 is 0 Å². The minimum absolute atomic E-state index is 0.0204. The highest BCUT2D eigenvalue weighted by Crippen LogP contribution is 2.25. The number of carbonyl (C=O) groups excluding carboxylic acids is 2. The number of ether oxygens (including phenoxy) is 1. The number of nitrogens with one attached hydrogen (secondary N) is 2. The Bertz CT molecular complexity index is 260. The molecule has 1 aliphatic rings. The lowest BCUT2D eigenvalue weighted by molar-refractivity contribution is -0.149. The van der Waals surface area contributed by atoms with Crippen molar-refractivity contribution in [3.8, 4) is 0 Å². The normalized spacial score (nSPS) is 24.1. The molecule has 0 aromatic heterocycles. The molecule has 0 aromatic rings. The number of hydrogen-bond donors (Lipinski definition) is 2. The number of likely N-dealkylation sites (N-methyl/N-ethyl adjacent to an activating group) is 1. The molecule has 0 unspecified atom stereocenters. The third kappa shape index (κ3) is 4.73. The largest absolute Gasteiger partial charge is 0.466 e. The second kappa shape index (κ2) is 7.27. The van der Waals surface area contributed by atoms with E-state index in [1.807, 2.05) is 6.92 Å². The average Bonchev–Trinajstić information content (AvgIpc) is 2.30. The molecule has 1 saturated carbocycles. The molecule has 98 valence electrons. The Balaban J connectivity index is 2.26. The Morgan fingerprint density at radius 2 is 1.88 bits per heavy atom. The van der Waals surface area contributed by atoms with Crippen molar-refractivity contribution in [3.63, 3.8) is 0 Å². The van der Waals surface area contributed by atoms with Crippen molar-refractivity contribution in [3.05, 3.63) is 0 Å². The number of amides is 1. The summed E-state index contributed by atoms with van der Waals surface area (Å²) in [6.45, 7) is 2.61. The molecule has 0 saturated heterocycles. The van der Waals surface area contributed by atoms with Crippen LogP contribution < -0.4 is 10.6 Å². The molecular formula is C12H22N2O3. The Kier molecular flexibility index (Phi) is 5.97. The highest BCUT2D eigenvalue weighted by Gasteiger charge is 2.27. The van der Waals surface area contributed by atoms with Gasteiger partial charge in [0, 0.05) is 6.04 Å². The fourth-order valence-corrected chi connectivity index (χ4v) is 2.17. The van der Waals surface area contributed by atoms with E-state index < -0.39 is 0 Å². The number of rotatable bonds is 5. The van der Waals surface area contributed by atoms with Gasteiger partial charge in [0.15, 0.2) is 0 Å². The zero-order chi connectivity index (χ0) is 12.7. The van der Waals surface area contributed by atoms with Crippen LogP contribution in [0.5, 0.6) is 0 Å². The lowest BCUT2D eigenvalue weighted by Gasteiger charge is -2.27. The van der Waals surface area contributed by atoms with Crippen LogP contribution in [0.3, 0.4) is 0 Å². The van der Waals surface area contributed by atoms with Crippen LogP contribution in [0.25, 0.3) is 0 Å². The van der Waals surface area contributed by atoms with Crippen molar-refractivity contribution in [2.45, 2.75) is 38.6 Å². The van der Waals surface area contributed by atoms with Crippen molar-refractivity contribution < 1.29 is 14.3 Å². The summed E-state index contributed by atoms with van der Waals surface area (Å²) >= 11 is 0. The van der Waals surface area contributed by atoms with E-state index in [1.54, 1.807) is 7.05 Å². The molecule has 1 amide bonds. The van der Waals surface area contributed by atoms with Gasteiger partial charge < -0.3 is 15.4 Å². The van der Waals surface area contributed by atoms with E-state index in [1.165, 1.54) is 0 Å². The van der Waals surface area contributed by atoms with Gasteiger partial charge >= 0.3 is 5.97 Å². The Morgan fingerprint density at radius 3 is 2.41 bits per heavy atom. The third-order valence-corrected chi connectivity index (χ3v) is 3.05. The SMILES string of the molecule is CCOC(=O)C1CCC(NC(=O)CNC)CC1. The topological polar surface area (TPSA) is 67.4 Å². The third-order valence-electron chi connectivity index (χ3n) is 3.05. The molecule has 0 aliphatic heterocycles. The molecule has 0 spiro atoms. The zero-order valence-corrected chi connectivity index (χ0v) is 10.6. The first kappa shape index (κ1) is 14.0.